The van der Waals surface area contributed by atoms with E-state index < -0.39 is 29.5 Å². The van der Waals surface area contributed by atoms with Crippen molar-refractivity contribution in [1.82, 2.24) is 0 Å². The van der Waals surface area contributed by atoms with Crippen molar-refractivity contribution in [2.24, 2.45) is 0 Å². The van der Waals surface area contributed by atoms with Crippen LogP contribution in [0.2, 0.25) is 0 Å². The van der Waals surface area contributed by atoms with E-state index in [1.54, 1.807) is 24.3 Å². The topological polar surface area (TPSA) is 136 Å². The highest BCUT2D eigenvalue weighted by Gasteiger charge is 2.25. The van der Waals surface area contributed by atoms with Gasteiger partial charge in [-0.3, -0.25) is 0 Å². The second kappa shape index (κ2) is 10.4. The lowest BCUT2D eigenvalue weighted by molar-refractivity contribution is -0.0722. The van der Waals surface area contributed by atoms with E-state index in [2.05, 4.69) is 0 Å². The molecule has 0 fully saturated rings. The summed E-state index contributed by atoms with van der Waals surface area (Å²) in [5.41, 5.74) is -0.561. The van der Waals surface area contributed by atoms with Gasteiger partial charge in [-0.15, -0.1) is 0 Å². The molecule has 0 aliphatic carbocycles. The summed E-state index contributed by atoms with van der Waals surface area (Å²) in [5, 5.41) is 17.1. The van der Waals surface area contributed by atoms with E-state index in [9.17, 15) is 19.2 Å². The molecule has 2 aromatic rings. The van der Waals surface area contributed by atoms with Crippen LogP contribution in [0.25, 0.3) is 0 Å². The first-order valence-corrected chi connectivity index (χ1v) is 9.25. The molecule has 2 aromatic carbocycles. The van der Waals surface area contributed by atoms with Gasteiger partial charge >= 0.3 is 23.9 Å². The molecule has 0 aromatic heterocycles. The number of hydrogen-bond acceptors (Lipinski definition) is 7. The predicted octanol–water partition coefficient (Wildman–Crippen LogP) is 2.89. The number of ether oxygens (including phenoxy) is 3. The molecule has 0 bridgehead atoms. The van der Waals surface area contributed by atoms with Gasteiger partial charge in [0, 0.05) is 0 Å². The number of carboxylic acids is 2. The van der Waals surface area contributed by atoms with Crippen molar-refractivity contribution < 1.29 is 43.6 Å². The second-order valence-corrected chi connectivity index (χ2v) is 7.02. The van der Waals surface area contributed by atoms with E-state index in [0.29, 0.717) is 0 Å². The quantitative estimate of drug-likeness (QED) is 0.689. The van der Waals surface area contributed by atoms with E-state index in [0.717, 1.165) is 0 Å². The lowest BCUT2D eigenvalue weighted by Gasteiger charge is -2.24. The highest BCUT2D eigenvalue weighted by molar-refractivity contribution is 6.03. The average Bonchev–Trinajstić information content (AvgIpc) is 2.76. The summed E-state index contributed by atoms with van der Waals surface area (Å²) in [6.45, 7) is 4.15. The highest BCUT2D eigenvalue weighted by Crippen LogP contribution is 2.16. The molecule has 0 radical (unpaired) electrons. The molecule has 1 heterocycles. The summed E-state index contributed by atoms with van der Waals surface area (Å²) in [6, 6.07) is 11.9. The van der Waals surface area contributed by atoms with Crippen LogP contribution in [0.4, 0.5) is 0 Å². The predicted molar refractivity (Wildman–Crippen MR) is 107 cm³/mol. The summed E-state index contributed by atoms with van der Waals surface area (Å²) in [4.78, 5) is 44.8. The third kappa shape index (κ3) is 6.65. The van der Waals surface area contributed by atoms with Crippen LogP contribution in [-0.4, -0.2) is 59.5 Å². The first-order chi connectivity index (χ1) is 14.6. The molecule has 0 atom stereocenters. The Morgan fingerprint density at radius 3 is 1.71 bits per heavy atom. The first-order valence-electron chi connectivity index (χ1n) is 9.25. The molecule has 0 unspecified atom stereocenters. The number of hydrogen-bond donors (Lipinski definition) is 2. The summed E-state index contributed by atoms with van der Waals surface area (Å²) in [5.74, 6) is -3.55. The van der Waals surface area contributed by atoms with Crippen LogP contribution in [0.1, 0.15) is 55.3 Å². The largest absolute Gasteiger partial charge is 0.478 e. The summed E-state index contributed by atoms with van der Waals surface area (Å²) < 4.78 is 15.8. The second-order valence-electron chi connectivity index (χ2n) is 7.02. The Balaban J connectivity index is 0.000000245. The third-order valence-electron chi connectivity index (χ3n) is 4.11. The zero-order chi connectivity index (χ0) is 23.0. The smallest absolute Gasteiger partial charge is 0.339 e. The molecule has 9 nitrogen and oxygen atoms in total. The van der Waals surface area contributed by atoms with Gasteiger partial charge in [0.05, 0.1) is 34.5 Å². The maximum absolute atomic E-state index is 12.0. The van der Waals surface area contributed by atoms with Gasteiger partial charge in [-0.05, 0) is 38.1 Å². The van der Waals surface area contributed by atoms with Crippen LogP contribution in [-0.2, 0) is 14.2 Å². The molecule has 31 heavy (non-hydrogen) atoms. The van der Waals surface area contributed by atoms with Crippen LogP contribution < -0.4 is 0 Å². The Morgan fingerprint density at radius 2 is 1.23 bits per heavy atom. The first kappa shape index (κ1) is 23.6. The highest BCUT2D eigenvalue weighted by atomic mass is 16.6. The van der Waals surface area contributed by atoms with E-state index in [-0.39, 0.29) is 42.1 Å². The molecular formula is C22H22O9. The van der Waals surface area contributed by atoms with Crippen LogP contribution in [0, 0.1) is 0 Å². The number of rotatable bonds is 2. The number of benzene rings is 2. The van der Waals surface area contributed by atoms with Crippen molar-refractivity contribution in [1.29, 1.82) is 0 Å². The summed E-state index contributed by atoms with van der Waals surface area (Å²) >= 11 is 0. The molecule has 0 saturated carbocycles. The number of carbonyl (C=O) groups is 4. The summed E-state index contributed by atoms with van der Waals surface area (Å²) in [7, 11) is 0. The van der Waals surface area contributed by atoms with Crippen molar-refractivity contribution in [2.75, 3.05) is 19.8 Å². The van der Waals surface area contributed by atoms with Gasteiger partial charge in [-0.2, -0.15) is 0 Å². The molecule has 2 N–H and O–H groups in total. The number of carboxylic acid groups (broad SMARTS) is 2. The Hall–Kier alpha value is -3.72. The molecule has 1 aliphatic heterocycles. The summed E-state index contributed by atoms with van der Waals surface area (Å²) in [6.07, 6.45) is 0. The molecular weight excluding hydrogens is 408 g/mol. The Kier molecular flexibility index (Phi) is 7.87. The van der Waals surface area contributed by atoms with Gasteiger partial charge in [-0.1, -0.05) is 24.3 Å². The SMILES string of the molecule is CC1(C)COC(=O)c2ccccc2C(=O)OCCO1.O=C(O)c1ccccc1C(=O)O. The molecule has 1 aliphatic rings. The lowest BCUT2D eigenvalue weighted by Crippen LogP contribution is -2.33. The molecule has 9 heteroatoms. The van der Waals surface area contributed by atoms with Crippen molar-refractivity contribution in [3.8, 4) is 0 Å². The molecule has 3 rings (SSSR count). The Labute approximate surface area is 178 Å². The maximum atomic E-state index is 12.0. The van der Waals surface area contributed by atoms with E-state index >= 15 is 0 Å². The minimum atomic E-state index is -1.23. The van der Waals surface area contributed by atoms with E-state index in [4.69, 9.17) is 24.4 Å². The average molecular weight is 430 g/mol. The zero-order valence-corrected chi connectivity index (χ0v) is 17.0. The molecule has 0 saturated heterocycles. The minimum absolute atomic E-state index is 0.119. The fourth-order valence-electron chi connectivity index (χ4n) is 2.58. The van der Waals surface area contributed by atoms with Gasteiger partial charge in [-0.25, -0.2) is 19.2 Å². The molecule has 0 spiro atoms. The van der Waals surface area contributed by atoms with Crippen LogP contribution in [0.3, 0.4) is 0 Å². The minimum Gasteiger partial charge on any atom is -0.478 e. The number of carbonyl (C=O) groups excluding carboxylic acids is 2. The fourth-order valence-corrected chi connectivity index (χ4v) is 2.58. The Bertz CT molecular complexity index is 945. The number of esters is 2. The fraction of sp³-hybridized carbons (Fsp3) is 0.273. The zero-order valence-electron chi connectivity index (χ0n) is 17.0. The van der Waals surface area contributed by atoms with E-state index in [1.165, 1.54) is 24.3 Å². The number of cyclic esters (lactones) is 2. The monoisotopic (exact) mass is 430 g/mol. The number of fused-ring (bicyclic) bond motifs is 1. The normalized spacial score (nSPS) is 15.7. The van der Waals surface area contributed by atoms with Gasteiger partial charge in [0.2, 0.25) is 0 Å². The van der Waals surface area contributed by atoms with Crippen LogP contribution in [0.5, 0.6) is 0 Å². The van der Waals surface area contributed by atoms with Crippen molar-refractivity contribution in [3.63, 3.8) is 0 Å². The van der Waals surface area contributed by atoms with Gasteiger partial charge in [0.1, 0.15) is 13.2 Å². The molecule has 0 amide bonds. The van der Waals surface area contributed by atoms with Gasteiger partial charge in [0.25, 0.3) is 0 Å². The van der Waals surface area contributed by atoms with E-state index in [1.807, 2.05) is 13.8 Å². The standard InChI is InChI=1S/C14H16O5.C8H6O4/c1-14(2)9-18-13(16)11-6-4-3-5-10(11)12(15)17-7-8-19-14;9-7(10)5-3-1-2-4-6(5)8(11)12/h3-6H,7-9H2,1-2H3;1-4H,(H,9,10)(H,11,12). The van der Waals surface area contributed by atoms with Gasteiger partial charge < -0.3 is 24.4 Å². The van der Waals surface area contributed by atoms with Crippen molar-refractivity contribution in [2.45, 2.75) is 19.4 Å². The maximum Gasteiger partial charge on any atom is 0.339 e. The van der Waals surface area contributed by atoms with Crippen LogP contribution >= 0.6 is 0 Å². The number of aromatic carboxylic acids is 2. The lowest BCUT2D eigenvalue weighted by atomic mass is 10.1. The molecule has 164 valence electrons. The van der Waals surface area contributed by atoms with Crippen molar-refractivity contribution in [3.05, 3.63) is 70.8 Å². The third-order valence-corrected chi connectivity index (χ3v) is 4.11. The van der Waals surface area contributed by atoms with Crippen molar-refractivity contribution >= 4 is 23.9 Å². The Morgan fingerprint density at radius 1 is 0.774 bits per heavy atom. The van der Waals surface area contributed by atoms with Gasteiger partial charge in [0.15, 0.2) is 0 Å². The van der Waals surface area contributed by atoms with Crippen LogP contribution in [0.15, 0.2) is 48.5 Å².